The summed E-state index contributed by atoms with van der Waals surface area (Å²) < 4.78 is 1.83. The Bertz CT molecular complexity index is 625. The Morgan fingerprint density at radius 2 is 2.20 bits per heavy atom. The van der Waals surface area contributed by atoms with Gasteiger partial charge in [0.1, 0.15) is 16.8 Å². The average Bonchev–Trinajstić information content (AvgIpc) is 2.83. The van der Waals surface area contributed by atoms with Crippen molar-refractivity contribution in [2.75, 3.05) is 0 Å². The summed E-state index contributed by atoms with van der Waals surface area (Å²) in [6.45, 7) is -0.105. The number of carbonyl (C=O) groups excluding carboxylic acids is 1. The van der Waals surface area contributed by atoms with Gasteiger partial charge in [0.2, 0.25) is 0 Å². The lowest BCUT2D eigenvalue weighted by Gasteiger charge is -2.02. The number of carbonyl (C=O) groups is 2. The minimum absolute atomic E-state index is 0.161. The molecule has 0 aromatic carbocycles. The zero-order valence-corrected chi connectivity index (χ0v) is 11.7. The third kappa shape index (κ3) is 3.85. The number of nitrogens with one attached hydrogen (secondary N) is 1. The van der Waals surface area contributed by atoms with Gasteiger partial charge in [0.05, 0.1) is 18.3 Å². The van der Waals surface area contributed by atoms with Gasteiger partial charge in [-0.05, 0) is 28.1 Å². The Morgan fingerprint density at radius 1 is 1.40 bits per heavy atom. The van der Waals surface area contributed by atoms with Gasteiger partial charge in [-0.3, -0.25) is 9.59 Å². The Morgan fingerprint density at radius 3 is 2.85 bits per heavy atom. The highest BCUT2D eigenvalue weighted by Gasteiger charge is 2.08. The number of nitrogens with zero attached hydrogens (tertiary/aromatic N) is 4. The molecule has 0 saturated carbocycles. The maximum absolute atomic E-state index is 11.8. The zero-order chi connectivity index (χ0) is 14.5. The summed E-state index contributed by atoms with van der Waals surface area (Å²) in [5.41, 5.74) is 0.899. The number of hydrogen-bond acceptors (Lipinski definition) is 5. The first kappa shape index (κ1) is 14.1. The van der Waals surface area contributed by atoms with Crippen LogP contribution in [0.4, 0.5) is 0 Å². The summed E-state index contributed by atoms with van der Waals surface area (Å²) in [6, 6.07) is 3.30. The van der Waals surface area contributed by atoms with Gasteiger partial charge in [-0.25, -0.2) is 9.67 Å². The largest absolute Gasteiger partial charge is 0.480 e. The highest BCUT2D eigenvalue weighted by atomic mass is 79.9. The van der Waals surface area contributed by atoms with Crippen molar-refractivity contribution in [1.29, 1.82) is 0 Å². The van der Waals surface area contributed by atoms with E-state index in [9.17, 15) is 9.59 Å². The van der Waals surface area contributed by atoms with Crippen LogP contribution in [-0.2, 0) is 17.9 Å². The Balaban J connectivity index is 1.91. The number of carboxylic acid groups (broad SMARTS) is 1. The van der Waals surface area contributed by atoms with E-state index in [-0.39, 0.29) is 19.0 Å². The minimum Gasteiger partial charge on any atom is -0.480 e. The van der Waals surface area contributed by atoms with E-state index in [4.69, 9.17) is 5.11 Å². The Hall–Kier alpha value is -2.29. The first-order valence-corrected chi connectivity index (χ1v) is 6.34. The number of aliphatic carboxylic acids is 1. The van der Waals surface area contributed by atoms with E-state index in [1.165, 1.54) is 17.1 Å². The van der Waals surface area contributed by atoms with Crippen LogP contribution in [0.3, 0.4) is 0 Å². The fourth-order valence-electron chi connectivity index (χ4n) is 1.42. The number of halogens is 1. The molecule has 9 heteroatoms. The molecule has 2 aromatic heterocycles. The summed E-state index contributed by atoms with van der Waals surface area (Å²) in [4.78, 5) is 26.2. The molecule has 0 spiro atoms. The van der Waals surface area contributed by atoms with Crippen LogP contribution in [0.5, 0.6) is 0 Å². The molecule has 2 N–H and O–H groups in total. The Labute approximate surface area is 121 Å². The summed E-state index contributed by atoms with van der Waals surface area (Å²) in [5.74, 6) is -1.30. The van der Waals surface area contributed by atoms with Crippen molar-refractivity contribution in [2.24, 2.45) is 0 Å². The van der Waals surface area contributed by atoms with Gasteiger partial charge in [0, 0.05) is 6.20 Å². The molecule has 0 aliphatic heterocycles. The van der Waals surface area contributed by atoms with E-state index < -0.39 is 5.97 Å². The molecule has 20 heavy (non-hydrogen) atoms. The lowest BCUT2D eigenvalue weighted by Crippen LogP contribution is -2.23. The third-order valence-electron chi connectivity index (χ3n) is 2.30. The molecular formula is C11H10BrN5O3. The van der Waals surface area contributed by atoms with Crippen molar-refractivity contribution < 1.29 is 14.7 Å². The highest BCUT2D eigenvalue weighted by molar-refractivity contribution is 9.10. The molecule has 2 rings (SSSR count). The molecule has 2 aromatic rings. The van der Waals surface area contributed by atoms with E-state index >= 15 is 0 Å². The SMILES string of the molecule is O=C(O)Cn1cc(CNC(=O)c2ccc(Br)nc2)nn1. The summed E-state index contributed by atoms with van der Waals surface area (Å²) in [6.07, 6.45) is 2.91. The molecule has 104 valence electrons. The molecule has 0 aliphatic carbocycles. The second-order valence-corrected chi connectivity index (χ2v) is 4.67. The lowest BCUT2D eigenvalue weighted by atomic mass is 10.2. The lowest BCUT2D eigenvalue weighted by molar-refractivity contribution is -0.137. The predicted octanol–water partition coefficient (Wildman–Crippen LogP) is 0.450. The van der Waals surface area contributed by atoms with Crippen molar-refractivity contribution >= 4 is 27.8 Å². The van der Waals surface area contributed by atoms with Crippen LogP contribution in [0.15, 0.2) is 29.1 Å². The minimum atomic E-state index is -1.01. The molecule has 0 radical (unpaired) electrons. The van der Waals surface area contributed by atoms with Crippen LogP contribution in [0, 0.1) is 0 Å². The van der Waals surface area contributed by atoms with Gasteiger partial charge in [-0.15, -0.1) is 5.10 Å². The molecule has 0 aliphatic rings. The molecule has 8 nitrogen and oxygen atoms in total. The molecule has 0 saturated heterocycles. The van der Waals surface area contributed by atoms with Crippen LogP contribution >= 0.6 is 15.9 Å². The number of carboxylic acids is 1. The van der Waals surface area contributed by atoms with Crippen molar-refractivity contribution in [3.63, 3.8) is 0 Å². The first-order valence-electron chi connectivity index (χ1n) is 5.55. The number of amides is 1. The van der Waals surface area contributed by atoms with E-state index in [2.05, 4.69) is 36.5 Å². The fourth-order valence-corrected chi connectivity index (χ4v) is 1.65. The van der Waals surface area contributed by atoms with Gasteiger partial charge < -0.3 is 10.4 Å². The topological polar surface area (TPSA) is 110 Å². The molecule has 1 amide bonds. The number of hydrogen-bond donors (Lipinski definition) is 2. The molecule has 2 heterocycles. The fraction of sp³-hybridized carbons (Fsp3) is 0.182. The maximum atomic E-state index is 11.8. The van der Waals surface area contributed by atoms with Crippen molar-refractivity contribution in [3.8, 4) is 0 Å². The summed E-state index contributed by atoms with van der Waals surface area (Å²) in [7, 11) is 0. The highest BCUT2D eigenvalue weighted by Crippen LogP contribution is 2.06. The van der Waals surface area contributed by atoms with Gasteiger partial charge in [0.15, 0.2) is 0 Å². The monoisotopic (exact) mass is 339 g/mol. The number of pyridine rings is 1. The molecule has 0 atom stereocenters. The van der Waals surface area contributed by atoms with Gasteiger partial charge in [0.25, 0.3) is 5.91 Å². The normalized spacial score (nSPS) is 10.2. The van der Waals surface area contributed by atoms with Crippen molar-refractivity contribution in [1.82, 2.24) is 25.3 Å². The predicted molar refractivity (Wildman–Crippen MR) is 70.8 cm³/mol. The standard InChI is InChI=1S/C11H10BrN5O3/c12-9-2-1-7(3-13-9)11(20)14-4-8-5-17(16-15-8)6-10(18)19/h1-3,5H,4,6H2,(H,14,20)(H,18,19). The smallest absolute Gasteiger partial charge is 0.325 e. The molecule has 0 bridgehead atoms. The average molecular weight is 340 g/mol. The summed E-state index contributed by atoms with van der Waals surface area (Å²) in [5, 5.41) is 18.6. The first-order chi connectivity index (χ1) is 9.54. The quantitative estimate of drug-likeness (QED) is 0.765. The van der Waals surface area contributed by atoms with Crippen molar-refractivity contribution in [2.45, 2.75) is 13.1 Å². The second kappa shape index (κ2) is 6.24. The van der Waals surface area contributed by atoms with Gasteiger partial charge in [-0.2, -0.15) is 0 Å². The number of rotatable bonds is 5. The van der Waals surface area contributed by atoms with E-state index in [0.29, 0.717) is 15.9 Å². The van der Waals surface area contributed by atoms with E-state index in [1.807, 2.05) is 0 Å². The van der Waals surface area contributed by atoms with E-state index in [1.54, 1.807) is 12.1 Å². The van der Waals surface area contributed by atoms with Crippen LogP contribution < -0.4 is 5.32 Å². The van der Waals surface area contributed by atoms with Crippen LogP contribution in [0.2, 0.25) is 0 Å². The van der Waals surface area contributed by atoms with Crippen LogP contribution in [-0.4, -0.2) is 37.0 Å². The molecule has 0 fully saturated rings. The van der Waals surface area contributed by atoms with Gasteiger partial charge >= 0.3 is 5.97 Å². The molecular weight excluding hydrogens is 330 g/mol. The number of aromatic nitrogens is 4. The zero-order valence-electron chi connectivity index (χ0n) is 10.2. The van der Waals surface area contributed by atoms with Crippen LogP contribution in [0.25, 0.3) is 0 Å². The second-order valence-electron chi connectivity index (χ2n) is 3.85. The van der Waals surface area contributed by atoms with E-state index in [0.717, 1.165) is 0 Å². The van der Waals surface area contributed by atoms with Crippen LogP contribution in [0.1, 0.15) is 16.1 Å². The van der Waals surface area contributed by atoms with Crippen molar-refractivity contribution in [3.05, 3.63) is 40.4 Å². The van der Waals surface area contributed by atoms with Gasteiger partial charge in [-0.1, -0.05) is 5.21 Å². The Kier molecular flexibility index (Phi) is 4.41. The maximum Gasteiger partial charge on any atom is 0.325 e. The molecule has 0 unspecified atom stereocenters. The summed E-state index contributed by atoms with van der Waals surface area (Å²) >= 11 is 3.18. The third-order valence-corrected chi connectivity index (χ3v) is 2.77.